The van der Waals surface area contributed by atoms with Gasteiger partial charge >= 0.3 is 0 Å². The molecular weight excluding hydrogens is 320 g/mol. The third-order valence-corrected chi connectivity index (χ3v) is 5.07. The van der Waals surface area contributed by atoms with Crippen LogP contribution in [0.4, 0.5) is 5.69 Å². The van der Waals surface area contributed by atoms with E-state index in [1.165, 1.54) is 11.1 Å². The van der Waals surface area contributed by atoms with E-state index in [-0.39, 0.29) is 11.8 Å². The molecule has 3 nitrogen and oxygen atoms in total. The van der Waals surface area contributed by atoms with Crippen molar-refractivity contribution in [3.8, 4) is 0 Å². The molecule has 4 rings (SSSR count). The molecule has 0 radical (unpaired) electrons. The lowest BCUT2D eigenvalue weighted by molar-refractivity contribution is -0.121. The van der Waals surface area contributed by atoms with E-state index in [4.69, 9.17) is 0 Å². The second kappa shape index (κ2) is 6.77. The fraction of sp³-hybridized carbons (Fsp3) is 0.174. The number of anilines is 1. The number of carbonyl (C=O) groups is 1. The van der Waals surface area contributed by atoms with Crippen molar-refractivity contribution in [2.45, 2.75) is 19.4 Å². The highest BCUT2D eigenvalue weighted by atomic mass is 16.2. The molecule has 26 heavy (non-hydrogen) atoms. The van der Waals surface area contributed by atoms with E-state index in [1.807, 2.05) is 77.7 Å². The fourth-order valence-corrected chi connectivity index (χ4v) is 3.72. The number of amides is 1. The first kappa shape index (κ1) is 16.6. The first-order chi connectivity index (χ1) is 12.7. The number of aryl methyl sites for hydroxylation is 1. The number of hydrogen-bond donors (Lipinski definition) is 0. The molecule has 0 spiro atoms. The van der Waals surface area contributed by atoms with E-state index in [2.05, 4.69) is 25.1 Å². The second-order valence-corrected chi connectivity index (χ2v) is 6.79. The Bertz CT molecular complexity index is 936. The number of hydrazine groups is 1. The van der Waals surface area contributed by atoms with Crippen molar-refractivity contribution < 1.29 is 4.79 Å². The third kappa shape index (κ3) is 2.80. The summed E-state index contributed by atoms with van der Waals surface area (Å²) < 4.78 is 0. The summed E-state index contributed by atoms with van der Waals surface area (Å²) in [6, 6.07) is 26.4. The molecule has 1 heterocycles. The summed E-state index contributed by atoms with van der Waals surface area (Å²) in [4.78, 5) is 13.4. The monoisotopic (exact) mass is 342 g/mol. The van der Waals surface area contributed by atoms with E-state index in [1.54, 1.807) is 0 Å². The normalized spacial score (nSPS) is 16.2. The Morgan fingerprint density at radius 3 is 2.31 bits per heavy atom. The van der Waals surface area contributed by atoms with Crippen LogP contribution in [0.5, 0.6) is 0 Å². The lowest BCUT2D eigenvalue weighted by atomic mass is 9.93. The molecule has 0 aliphatic carbocycles. The maximum Gasteiger partial charge on any atom is 0.253 e. The summed E-state index contributed by atoms with van der Waals surface area (Å²) in [6.45, 7) is 2.80. The number of nitrogens with zero attached hydrogens (tertiary/aromatic N) is 2. The molecular formula is C23H22N2O. The highest BCUT2D eigenvalue weighted by Gasteiger charge is 2.40. The predicted molar refractivity (Wildman–Crippen MR) is 105 cm³/mol. The van der Waals surface area contributed by atoms with Gasteiger partial charge in [0.15, 0.2) is 0 Å². The molecule has 0 N–H and O–H groups in total. The number of rotatable bonds is 4. The van der Waals surface area contributed by atoms with Crippen LogP contribution in [-0.4, -0.2) is 18.0 Å². The van der Waals surface area contributed by atoms with Gasteiger partial charge in [-0.2, -0.15) is 0 Å². The third-order valence-electron chi connectivity index (χ3n) is 5.07. The van der Waals surface area contributed by atoms with Crippen LogP contribution < -0.4 is 5.01 Å². The summed E-state index contributed by atoms with van der Waals surface area (Å²) in [5, 5.41) is 3.85. The van der Waals surface area contributed by atoms with Crippen LogP contribution in [0.1, 0.15) is 28.2 Å². The molecule has 0 aromatic heterocycles. The van der Waals surface area contributed by atoms with Crippen LogP contribution in [0.3, 0.4) is 0 Å². The number of benzene rings is 3. The molecule has 1 atom stereocenters. The number of carbonyl (C=O) groups excluding carboxylic acids is 1. The zero-order valence-corrected chi connectivity index (χ0v) is 15.1. The molecule has 1 aliphatic rings. The van der Waals surface area contributed by atoms with Crippen molar-refractivity contribution in [1.82, 2.24) is 5.01 Å². The van der Waals surface area contributed by atoms with Crippen molar-refractivity contribution >= 4 is 11.6 Å². The largest absolute Gasteiger partial charge is 0.272 e. The minimum Gasteiger partial charge on any atom is -0.272 e. The summed E-state index contributed by atoms with van der Waals surface area (Å²) in [7, 11) is 1.98. The number of para-hydroxylation sites is 1. The van der Waals surface area contributed by atoms with E-state index in [9.17, 15) is 4.79 Å². The van der Waals surface area contributed by atoms with Gasteiger partial charge in [-0.1, -0.05) is 72.8 Å². The number of fused-ring (bicyclic) bond motifs is 1. The molecule has 3 aromatic rings. The van der Waals surface area contributed by atoms with Crippen molar-refractivity contribution in [1.29, 1.82) is 0 Å². The second-order valence-electron chi connectivity index (χ2n) is 6.79. The molecule has 130 valence electrons. The van der Waals surface area contributed by atoms with Crippen LogP contribution in [0.2, 0.25) is 0 Å². The summed E-state index contributed by atoms with van der Waals surface area (Å²) >= 11 is 0. The molecule has 3 heteroatoms. The minimum atomic E-state index is -0.244. The van der Waals surface area contributed by atoms with E-state index < -0.39 is 0 Å². The minimum absolute atomic E-state index is 0.105. The van der Waals surface area contributed by atoms with Gasteiger partial charge in [-0.25, -0.2) is 10.0 Å². The highest BCUT2D eigenvalue weighted by molar-refractivity contribution is 6.06. The van der Waals surface area contributed by atoms with E-state index in [0.717, 1.165) is 16.8 Å². The average molecular weight is 342 g/mol. The maximum atomic E-state index is 13.4. The van der Waals surface area contributed by atoms with Crippen molar-refractivity contribution in [2.24, 2.45) is 0 Å². The average Bonchev–Trinajstić information content (AvgIpc) is 2.96. The summed E-state index contributed by atoms with van der Waals surface area (Å²) in [5.41, 5.74) is 5.54. The lowest BCUT2D eigenvalue weighted by Crippen LogP contribution is -2.42. The van der Waals surface area contributed by atoms with Gasteiger partial charge < -0.3 is 0 Å². The molecule has 0 saturated heterocycles. The van der Waals surface area contributed by atoms with Gasteiger partial charge in [0.2, 0.25) is 0 Å². The molecule has 0 saturated carbocycles. The van der Waals surface area contributed by atoms with Crippen molar-refractivity contribution in [3.63, 3.8) is 0 Å². The van der Waals surface area contributed by atoms with Gasteiger partial charge in [0.1, 0.15) is 0 Å². The molecule has 1 amide bonds. The Morgan fingerprint density at radius 2 is 1.54 bits per heavy atom. The molecule has 0 bridgehead atoms. The van der Waals surface area contributed by atoms with Crippen molar-refractivity contribution in [2.75, 3.05) is 12.1 Å². The lowest BCUT2D eigenvalue weighted by Gasteiger charge is -2.29. The van der Waals surface area contributed by atoms with Crippen LogP contribution >= 0.6 is 0 Å². The molecule has 3 aromatic carbocycles. The van der Waals surface area contributed by atoms with Gasteiger partial charge in [-0.3, -0.25) is 4.79 Å². The Labute approximate surface area is 154 Å². The van der Waals surface area contributed by atoms with Crippen LogP contribution in [0.15, 0.2) is 78.9 Å². The zero-order chi connectivity index (χ0) is 18.1. The SMILES string of the molecule is Cc1ccccc1CN(C)N1C(=O)[C@@H](c2ccccc2)c2ccccc21. The van der Waals surface area contributed by atoms with Gasteiger partial charge in [0, 0.05) is 13.6 Å². The highest BCUT2D eigenvalue weighted by Crippen LogP contribution is 2.41. The van der Waals surface area contributed by atoms with Crippen LogP contribution in [-0.2, 0) is 11.3 Å². The molecule has 0 fully saturated rings. The van der Waals surface area contributed by atoms with Gasteiger partial charge in [0.05, 0.1) is 11.6 Å². The smallest absolute Gasteiger partial charge is 0.253 e. The standard InChI is InChI=1S/C23H22N2O/c1-17-10-6-7-13-19(17)16-24(2)25-21-15-9-8-14-20(21)22(23(25)26)18-11-4-3-5-12-18/h3-15,22H,16H2,1-2H3/t22-/m0/s1. The number of hydrogen-bond acceptors (Lipinski definition) is 2. The Kier molecular flexibility index (Phi) is 4.31. The first-order valence-electron chi connectivity index (χ1n) is 8.90. The molecule has 0 unspecified atom stereocenters. The quantitative estimate of drug-likeness (QED) is 0.696. The fourth-order valence-electron chi connectivity index (χ4n) is 3.72. The van der Waals surface area contributed by atoms with Crippen LogP contribution in [0, 0.1) is 6.92 Å². The Balaban J connectivity index is 1.71. The van der Waals surface area contributed by atoms with Crippen LogP contribution in [0.25, 0.3) is 0 Å². The topological polar surface area (TPSA) is 23.6 Å². The van der Waals surface area contributed by atoms with E-state index >= 15 is 0 Å². The zero-order valence-electron chi connectivity index (χ0n) is 15.1. The predicted octanol–water partition coefficient (Wildman–Crippen LogP) is 4.52. The summed E-state index contributed by atoms with van der Waals surface area (Å²) in [6.07, 6.45) is 0. The summed E-state index contributed by atoms with van der Waals surface area (Å²) in [5.74, 6) is -0.139. The Hall–Kier alpha value is -2.91. The molecule has 1 aliphatic heterocycles. The Morgan fingerprint density at radius 1 is 0.885 bits per heavy atom. The van der Waals surface area contributed by atoms with Gasteiger partial charge in [0.25, 0.3) is 5.91 Å². The van der Waals surface area contributed by atoms with Gasteiger partial charge in [-0.05, 0) is 35.2 Å². The van der Waals surface area contributed by atoms with E-state index in [0.29, 0.717) is 6.54 Å². The first-order valence-corrected chi connectivity index (χ1v) is 8.90. The van der Waals surface area contributed by atoms with Gasteiger partial charge in [-0.15, -0.1) is 0 Å². The maximum absolute atomic E-state index is 13.4. The van der Waals surface area contributed by atoms with Crippen molar-refractivity contribution in [3.05, 3.63) is 101 Å².